The summed E-state index contributed by atoms with van der Waals surface area (Å²) in [4.78, 5) is 0. The van der Waals surface area contributed by atoms with Gasteiger partial charge in [-0.15, -0.1) is 0 Å². The molecule has 0 spiro atoms. The average molecular weight is 345 g/mol. The summed E-state index contributed by atoms with van der Waals surface area (Å²) in [6, 6.07) is 11.2. The van der Waals surface area contributed by atoms with Gasteiger partial charge in [-0.05, 0) is 58.5 Å². The van der Waals surface area contributed by atoms with Crippen molar-refractivity contribution in [2.45, 2.75) is 6.54 Å². The summed E-state index contributed by atoms with van der Waals surface area (Å²) in [5, 5.41) is 2.87. The van der Waals surface area contributed by atoms with Crippen LogP contribution in [0.15, 0.2) is 42.5 Å². The van der Waals surface area contributed by atoms with E-state index in [-0.39, 0.29) is 5.69 Å². The van der Waals surface area contributed by atoms with Crippen LogP contribution in [0.25, 0.3) is 0 Å². The lowest BCUT2D eigenvalue weighted by Gasteiger charge is -2.07. The Morgan fingerprint density at radius 1 is 1.00 bits per heavy atom. The molecule has 0 aromatic heterocycles. The summed E-state index contributed by atoms with van der Waals surface area (Å²) < 4.78 is 27.4. The summed E-state index contributed by atoms with van der Waals surface area (Å²) in [7, 11) is 0. The van der Waals surface area contributed by atoms with Crippen molar-refractivity contribution in [2.75, 3.05) is 5.32 Å². The lowest BCUT2D eigenvalue weighted by atomic mass is 10.2. The van der Waals surface area contributed by atoms with Gasteiger partial charge in [0, 0.05) is 10.1 Å². The maximum Gasteiger partial charge on any atom is 0.146 e. The number of anilines is 1. The van der Waals surface area contributed by atoms with Crippen molar-refractivity contribution < 1.29 is 8.78 Å². The minimum atomic E-state index is -0.448. The minimum absolute atomic E-state index is 0.184. The summed E-state index contributed by atoms with van der Waals surface area (Å²) in [6.07, 6.45) is 0. The zero-order valence-electron chi connectivity index (χ0n) is 8.88. The van der Waals surface area contributed by atoms with Crippen molar-refractivity contribution in [3.63, 3.8) is 0 Å². The molecule has 0 amide bonds. The Morgan fingerprint density at radius 2 is 1.71 bits per heavy atom. The van der Waals surface area contributed by atoms with Crippen LogP contribution in [0.3, 0.4) is 0 Å². The van der Waals surface area contributed by atoms with Gasteiger partial charge in [-0.25, -0.2) is 8.78 Å². The predicted octanol–water partition coefficient (Wildman–Crippen LogP) is 4.18. The predicted molar refractivity (Wildman–Crippen MR) is 72.8 cm³/mol. The fraction of sp³-hybridized carbons (Fsp3) is 0.0769. The molecule has 0 atom stereocenters. The molecule has 17 heavy (non-hydrogen) atoms. The first kappa shape index (κ1) is 12.3. The molecule has 0 aliphatic rings. The van der Waals surface area contributed by atoms with Crippen LogP contribution in [-0.4, -0.2) is 0 Å². The van der Waals surface area contributed by atoms with E-state index in [1.807, 2.05) is 24.3 Å². The summed E-state index contributed by atoms with van der Waals surface area (Å²) in [6.45, 7) is 0.470. The van der Waals surface area contributed by atoms with Crippen molar-refractivity contribution in [1.29, 1.82) is 0 Å². The molecule has 0 saturated carbocycles. The Balaban J connectivity index is 2.07. The van der Waals surface area contributed by atoms with Crippen LogP contribution in [-0.2, 0) is 6.54 Å². The van der Waals surface area contributed by atoms with Gasteiger partial charge in [-0.2, -0.15) is 0 Å². The van der Waals surface area contributed by atoms with Gasteiger partial charge in [-0.1, -0.05) is 12.1 Å². The van der Waals surface area contributed by atoms with Crippen molar-refractivity contribution in [2.24, 2.45) is 0 Å². The summed E-state index contributed by atoms with van der Waals surface area (Å²) in [5.41, 5.74) is 1.21. The van der Waals surface area contributed by atoms with Gasteiger partial charge in [0.2, 0.25) is 0 Å². The van der Waals surface area contributed by atoms with E-state index in [0.717, 1.165) is 27.3 Å². The molecule has 0 saturated heterocycles. The van der Waals surface area contributed by atoms with Gasteiger partial charge < -0.3 is 5.32 Å². The van der Waals surface area contributed by atoms with Gasteiger partial charge in [0.25, 0.3) is 0 Å². The largest absolute Gasteiger partial charge is 0.379 e. The fourth-order valence-electron chi connectivity index (χ4n) is 1.43. The first-order valence-corrected chi connectivity index (χ1v) is 6.16. The van der Waals surface area contributed by atoms with E-state index >= 15 is 0 Å². The van der Waals surface area contributed by atoms with Gasteiger partial charge in [-0.3, -0.25) is 0 Å². The molecular formula is C13H10F2IN. The number of nitrogens with one attached hydrogen (secondary N) is 1. The Hall–Kier alpha value is -1.17. The first-order valence-electron chi connectivity index (χ1n) is 5.08. The molecule has 0 fully saturated rings. The zero-order valence-corrected chi connectivity index (χ0v) is 11.0. The summed E-state index contributed by atoms with van der Waals surface area (Å²) in [5.74, 6) is -0.895. The molecule has 4 heteroatoms. The highest BCUT2D eigenvalue weighted by atomic mass is 127. The first-order chi connectivity index (χ1) is 8.15. The van der Waals surface area contributed by atoms with E-state index in [0.29, 0.717) is 6.54 Å². The number of benzene rings is 2. The Morgan fingerprint density at radius 3 is 2.41 bits per heavy atom. The highest BCUT2D eigenvalue weighted by molar-refractivity contribution is 14.1. The molecule has 0 heterocycles. The van der Waals surface area contributed by atoms with Crippen LogP contribution < -0.4 is 5.32 Å². The van der Waals surface area contributed by atoms with E-state index < -0.39 is 11.6 Å². The Kier molecular flexibility index (Phi) is 3.93. The highest BCUT2D eigenvalue weighted by Gasteiger charge is 2.03. The molecule has 2 aromatic rings. The molecule has 0 unspecified atom stereocenters. The van der Waals surface area contributed by atoms with E-state index in [1.54, 1.807) is 0 Å². The van der Waals surface area contributed by atoms with Crippen LogP contribution in [0, 0.1) is 15.2 Å². The monoisotopic (exact) mass is 345 g/mol. The molecule has 0 radical (unpaired) electrons. The molecule has 2 rings (SSSR count). The average Bonchev–Trinajstić information content (AvgIpc) is 2.32. The second kappa shape index (κ2) is 5.44. The van der Waals surface area contributed by atoms with Crippen LogP contribution in [0.4, 0.5) is 14.5 Å². The summed E-state index contributed by atoms with van der Waals surface area (Å²) >= 11 is 2.22. The van der Waals surface area contributed by atoms with Gasteiger partial charge in [0.05, 0.1) is 5.69 Å². The van der Waals surface area contributed by atoms with Gasteiger partial charge in [0.1, 0.15) is 11.6 Å². The van der Waals surface area contributed by atoms with Crippen molar-refractivity contribution >= 4 is 28.3 Å². The maximum atomic E-state index is 13.3. The van der Waals surface area contributed by atoms with Crippen molar-refractivity contribution in [1.82, 2.24) is 0 Å². The standard InChI is InChI=1S/C13H10F2IN/c14-10-3-6-12(15)13(7-10)17-8-9-1-4-11(16)5-2-9/h1-7,17H,8H2. The zero-order chi connectivity index (χ0) is 12.3. The number of rotatable bonds is 3. The van der Waals surface area contributed by atoms with Crippen LogP contribution in [0.5, 0.6) is 0 Å². The molecule has 1 nitrogen and oxygen atoms in total. The molecule has 0 bridgehead atoms. The van der Waals surface area contributed by atoms with Gasteiger partial charge in [0.15, 0.2) is 0 Å². The second-order valence-corrected chi connectivity index (χ2v) is 4.85. The molecule has 0 aliphatic heterocycles. The van der Waals surface area contributed by atoms with Crippen LogP contribution in [0.2, 0.25) is 0 Å². The van der Waals surface area contributed by atoms with E-state index in [9.17, 15) is 8.78 Å². The molecule has 1 N–H and O–H groups in total. The molecule has 0 aliphatic carbocycles. The lowest BCUT2D eigenvalue weighted by Crippen LogP contribution is -2.01. The number of hydrogen-bond donors (Lipinski definition) is 1. The molecule has 88 valence electrons. The molecular weight excluding hydrogens is 335 g/mol. The third-order valence-electron chi connectivity index (χ3n) is 2.32. The van der Waals surface area contributed by atoms with Crippen molar-refractivity contribution in [3.05, 3.63) is 63.2 Å². The second-order valence-electron chi connectivity index (χ2n) is 3.60. The van der Waals surface area contributed by atoms with E-state index in [2.05, 4.69) is 27.9 Å². The third-order valence-corrected chi connectivity index (χ3v) is 3.04. The van der Waals surface area contributed by atoms with Gasteiger partial charge >= 0.3 is 0 Å². The third kappa shape index (κ3) is 3.39. The Labute approximate surface area is 112 Å². The smallest absolute Gasteiger partial charge is 0.146 e. The normalized spacial score (nSPS) is 10.3. The van der Waals surface area contributed by atoms with Crippen molar-refractivity contribution in [3.8, 4) is 0 Å². The fourth-order valence-corrected chi connectivity index (χ4v) is 1.79. The maximum absolute atomic E-state index is 13.3. The minimum Gasteiger partial charge on any atom is -0.379 e. The lowest BCUT2D eigenvalue weighted by molar-refractivity contribution is 0.602. The molecule has 2 aromatic carbocycles. The number of halogens is 3. The van der Waals surface area contributed by atoms with Crippen LogP contribution >= 0.6 is 22.6 Å². The van der Waals surface area contributed by atoms with E-state index in [4.69, 9.17) is 0 Å². The highest BCUT2D eigenvalue weighted by Crippen LogP contribution is 2.16. The Bertz CT molecular complexity index is 511. The topological polar surface area (TPSA) is 12.0 Å². The SMILES string of the molecule is Fc1ccc(F)c(NCc2ccc(I)cc2)c1. The number of hydrogen-bond acceptors (Lipinski definition) is 1. The van der Waals surface area contributed by atoms with E-state index in [1.165, 1.54) is 0 Å². The van der Waals surface area contributed by atoms with Crippen LogP contribution in [0.1, 0.15) is 5.56 Å². The quantitative estimate of drug-likeness (QED) is 0.823.